The Labute approximate surface area is 209 Å². The molecule has 1 heterocycles. The fourth-order valence-electron chi connectivity index (χ4n) is 3.88. The van der Waals surface area contributed by atoms with E-state index < -0.39 is 12.3 Å². The maximum absolute atomic E-state index is 11.8. The van der Waals surface area contributed by atoms with Crippen LogP contribution >= 0.6 is 11.8 Å². The Bertz CT molecular complexity index is 951. The predicted octanol–water partition coefficient (Wildman–Crippen LogP) is 3.18. The minimum atomic E-state index is -0.998. The number of carboxylic acid groups (broad SMARTS) is 1. The molecule has 1 fully saturated rings. The maximum Gasteiger partial charge on any atom is 0.303 e. The second kappa shape index (κ2) is 13.6. The second-order valence-electron chi connectivity index (χ2n) is 8.53. The van der Waals surface area contributed by atoms with Crippen LogP contribution in [0, 0.1) is 5.92 Å². The summed E-state index contributed by atoms with van der Waals surface area (Å²) in [5.74, 6) is 0.149. The molecule has 2 aromatic carbocycles. The third-order valence-electron chi connectivity index (χ3n) is 5.95. The highest BCUT2D eigenvalue weighted by Gasteiger charge is 2.38. The van der Waals surface area contributed by atoms with Crippen LogP contribution < -0.4 is 5.32 Å². The lowest BCUT2D eigenvalue weighted by atomic mass is 9.91. The molecule has 1 amide bonds. The monoisotopic (exact) mass is 503 g/mol. The number of ether oxygens (including phenoxy) is 2. The molecule has 1 aliphatic rings. The van der Waals surface area contributed by atoms with E-state index in [9.17, 15) is 19.8 Å². The number of thioether (sulfide) groups is 1. The lowest BCUT2D eigenvalue weighted by Gasteiger charge is -2.41. The van der Waals surface area contributed by atoms with Gasteiger partial charge in [0.25, 0.3) is 0 Å². The molecule has 0 radical (unpaired) electrons. The molecule has 0 aliphatic carbocycles. The van der Waals surface area contributed by atoms with Gasteiger partial charge in [-0.2, -0.15) is 11.8 Å². The zero-order chi connectivity index (χ0) is 25.2. The SMILES string of the molecule is C[C@H]1[C@@H](CSCCO)O[C@@H](c2ccc(CNC(=O)CCC(=O)O)cc2)O[C@H]1c1ccc(CO)cc1. The van der Waals surface area contributed by atoms with Gasteiger partial charge in [0.2, 0.25) is 5.91 Å². The predicted molar refractivity (Wildman–Crippen MR) is 133 cm³/mol. The molecule has 9 heteroatoms. The van der Waals surface area contributed by atoms with Crippen molar-refractivity contribution in [1.82, 2.24) is 5.32 Å². The zero-order valence-electron chi connectivity index (χ0n) is 19.8. The van der Waals surface area contributed by atoms with Crippen LogP contribution in [0.3, 0.4) is 0 Å². The van der Waals surface area contributed by atoms with Crippen molar-refractivity contribution < 1.29 is 34.4 Å². The number of carboxylic acids is 1. The van der Waals surface area contributed by atoms with E-state index in [2.05, 4.69) is 12.2 Å². The van der Waals surface area contributed by atoms with Crippen molar-refractivity contribution in [3.8, 4) is 0 Å². The van der Waals surface area contributed by atoms with Crippen LogP contribution in [0.2, 0.25) is 0 Å². The Morgan fingerprint density at radius 2 is 1.60 bits per heavy atom. The van der Waals surface area contributed by atoms with Crippen molar-refractivity contribution in [2.75, 3.05) is 18.1 Å². The summed E-state index contributed by atoms with van der Waals surface area (Å²) in [6, 6.07) is 15.3. The smallest absolute Gasteiger partial charge is 0.303 e. The number of hydrogen-bond donors (Lipinski definition) is 4. The van der Waals surface area contributed by atoms with Crippen molar-refractivity contribution in [3.05, 3.63) is 70.8 Å². The molecule has 2 aromatic rings. The molecular weight excluding hydrogens is 470 g/mol. The van der Waals surface area contributed by atoms with Gasteiger partial charge in [-0.1, -0.05) is 55.5 Å². The van der Waals surface area contributed by atoms with Crippen molar-refractivity contribution in [2.45, 2.75) is 51.4 Å². The first-order valence-electron chi connectivity index (χ1n) is 11.7. The average Bonchev–Trinajstić information content (AvgIpc) is 2.87. The molecule has 4 N–H and O–H groups in total. The van der Waals surface area contributed by atoms with Gasteiger partial charge in [-0.3, -0.25) is 9.59 Å². The van der Waals surface area contributed by atoms with Gasteiger partial charge in [0.1, 0.15) is 0 Å². The van der Waals surface area contributed by atoms with Crippen LogP contribution in [0.5, 0.6) is 0 Å². The number of amides is 1. The van der Waals surface area contributed by atoms with Gasteiger partial charge >= 0.3 is 5.97 Å². The molecule has 1 saturated heterocycles. The Kier molecular flexibility index (Phi) is 10.6. The molecule has 1 aliphatic heterocycles. The quantitative estimate of drug-likeness (QED) is 0.326. The highest BCUT2D eigenvalue weighted by atomic mass is 32.2. The fourth-order valence-corrected chi connectivity index (χ4v) is 4.79. The second-order valence-corrected chi connectivity index (χ2v) is 9.68. The Morgan fingerprint density at radius 1 is 0.943 bits per heavy atom. The Morgan fingerprint density at radius 3 is 2.23 bits per heavy atom. The van der Waals surface area contributed by atoms with Crippen LogP contribution in [0.15, 0.2) is 48.5 Å². The molecule has 190 valence electrons. The number of hydrogen-bond acceptors (Lipinski definition) is 7. The number of benzene rings is 2. The normalized spacial score (nSPS) is 22.0. The number of carbonyl (C=O) groups excluding carboxylic acids is 1. The van der Waals surface area contributed by atoms with Gasteiger partial charge in [0, 0.05) is 36.0 Å². The lowest BCUT2D eigenvalue weighted by molar-refractivity contribution is -0.268. The average molecular weight is 504 g/mol. The van der Waals surface area contributed by atoms with Gasteiger partial charge in [0.15, 0.2) is 6.29 Å². The highest BCUT2D eigenvalue weighted by molar-refractivity contribution is 7.99. The Hall–Kier alpha value is -2.43. The third kappa shape index (κ3) is 8.05. The van der Waals surface area contributed by atoms with Crippen molar-refractivity contribution in [1.29, 1.82) is 0 Å². The molecule has 4 atom stereocenters. The summed E-state index contributed by atoms with van der Waals surface area (Å²) >= 11 is 1.64. The topological polar surface area (TPSA) is 125 Å². The van der Waals surface area contributed by atoms with Crippen molar-refractivity contribution >= 4 is 23.6 Å². The summed E-state index contributed by atoms with van der Waals surface area (Å²) in [6.07, 6.45) is -1.10. The van der Waals surface area contributed by atoms with E-state index in [-0.39, 0.29) is 50.1 Å². The van der Waals surface area contributed by atoms with Gasteiger partial charge in [-0.25, -0.2) is 0 Å². The number of aliphatic hydroxyl groups excluding tert-OH is 2. The van der Waals surface area contributed by atoms with Crippen LogP contribution in [0.4, 0.5) is 0 Å². The summed E-state index contributed by atoms with van der Waals surface area (Å²) in [5, 5.41) is 29.9. The number of rotatable bonds is 12. The van der Waals surface area contributed by atoms with E-state index in [1.54, 1.807) is 11.8 Å². The Balaban J connectivity index is 1.70. The first kappa shape index (κ1) is 27.2. The summed E-state index contributed by atoms with van der Waals surface area (Å²) < 4.78 is 12.7. The molecule has 8 nitrogen and oxygen atoms in total. The maximum atomic E-state index is 11.8. The number of aliphatic carboxylic acids is 1. The van der Waals surface area contributed by atoms with Gasteiger partial charge in [-0.15, -0.1) is 0 Å². The molecule has 0 saturated carbocycles. The highest BCUT2D eigenvalue weighted by Crippen LogP contribution is 2.42. The van der Waals surface area contributed by atoms with Gasteiger partial charge in [0.05, 0.1) is 31.8 Å². The first-order valence-corrected chi connectivity index (χ1v) is 12.8. The summed E-state index contributed by atoms with van der Waals surface area (Å²) in [7, 11) is 0. The minimum absolute atomic E-state index is 0.0140. The molecule has 0 unspecified atom stereocenters. The summed E-state index contributed by atoms with van der Waals surface area (Å²) in [4.78, 5) is 22.4. The van der Waals surface area contributed by atoms with E-state index in [0.29, 0.717) is 12.3 Å². The van der Waals surface area contributed by atoms with Crippen LogP contribution in [-0.4, -0.2) is 51.4 Å². The van der Waals surface area contributed by atoms with Crippen LogP contribution in [-0.2, 0) is 32.2 Å². The minimum Gasteiger partial charge on any atom is -0.481 e. The standard InChI is InChI=1S/C26H33NO7S/c1-17-22(16-35-13-12-28)33-26(34-25(17)20-6-4-19(15-29)5-7-20)21-8-2-18(3-9-21)14-27-23(30)10-11-24(31)32/h2-9,17,22,25-26,28-29H,10-16H2,1H3,(H,27,30)(H,31,32)/t17-,22+,25+,26+/m0/s1. The molecule has 35 heavy (non-hydrogen) atoms. The third-order valence-corrected chi connectivity index (χ3v) is 6.98. The lowest BCUT2D eigenvalue weighted by Crippen LogP contribution is -2.38. The number of aliphatic hydroxyl groups is 2. The van der Waals surface area contributed by atoms with Crippen molar-refractivity contribution in [3.63, 3.8) is 0 Å². The summed E-state index contributed by atoms with van der Waals surface area (Å²) in [6.45, 7) is 2.51. The van der Waals surface area contributed by atoms with E-state index in [0.717, 1.165) is 28.0 Å². The zero-order valence-corrected chi connectivity index (χ0v) is 20.6. The molecule has 0 spiro atoms. The number of carbonyl (C=O) groups is 2. The van der Waals surface area contributed by atoms with Gasteiger partial charge in [-0.05, 0) is 16.7 Å². The first-order chi connectivity index (χ1) is 16.9. The van der Waals surface area contributed by atoms with E-state index >= 15 is 0 Å². The van der Waals surface area contributed by atoms with E-state index in [4.69, 9.17) is 14.6 Å². The molecule has 0 bridgehead atoms. The van der Waals surface area contributed by atoms with Gasteiger partial charge < -0.3 is 30.1 Å². The largest absolute Gasteiger partial charge is 0.481 e. The van der Waals surface area contributed by atoms with E-state index in [1.165, 1.54) is 0 Å². The molecule has 0 aromatic heterocycles. The fraction of sp³-hybridized carbons (Fsp3) is 0.462. The van der Waals surface area contributed by atoms with Crippen LogP contribution in [0.25, 0.3) is 0 Å². The van der Waals surface area contributed by atoms with Crippen molar-refractivity contribution in [2.24, 2.45) is 5.92 Å². The molecule has 3 rings (SSSR count). The summed E-state index contributed by atoms with van der Waals surface area (Å²) in [5.41, 5.74) is 3.59. The van der Waals surface area contributed by atoms with Crippen LogP contribution in [0.1, 0.15) is 54.4 Å². The van der Waals surface area contributed by atoms with E-state index in [1.807, 2.05) is 48.5 Å². The molecular formula is C26H33NO7S. The number of nitrogens with one attached hydrogen (secondary N) is 1.